The van der Waals surface area contributed by atoms with Gasteiger partial charge in [-0.2, -0.15) is 0 Å². The predicted molar refractivity (Wildman–Crippen MR) is 108 cm³/mol. The van der Waals surface area contributed by atoms with Crippen LogP contribution >= 0.6 is 11.3 Å². The number of halogens is 2. The van der Waals surface area contributed by atoms with E-state index in [2.05, 4.69) is 10.3 Å². The van der Waals surface area contributed by atoms with Crippen LogP contribution in [0, 0.1) is 18.6 Å². The lowest BCUT2D eigenvalue weighted by molar-refractivity contribution is 0.0953. The van der Waals surface area contributed by atoms with Crippen LogP contribution in [0.1, 0.15) is 20.9 Å². The summed E-state index contributed by atoms with van der Waals surface area (Å²) in [5, 5.41) is 3.56. The highest BCUT2D eigenvalue weighted by molar-refractivity contribution is 7.15. The molecule has 0 spiro atoms. The molecule has 0 bridgehead atoms. The van der Waals surface area contributed by atoms with Gasteiger partial charge in [0, 0.05) is 29.0 Å². The summed E-state index contributed by atoms with van der Waals surface area (Å²) in [5.41, 5.74) is 1.87. The molecule has 0 radical (unpaired) electrons. The Labute approximate surface area is 171 Å². The number of amides is 1. The molecule has 0 aliphatic heterocycles. The van der Waals surface area contributed by atoms with Crippen LogP contribution in [0.25, 0.3) is 10.6 Å². The van der Waals surface area contributed by atoms with E-state index in [1.165, 1.54) is 17.4 Å². The van der Waals surface area contributed by atoms with Crippen LogP contribution in [0.2, 0.25) is 0 Å². The van der Waals surface area contributed by atoms with E-state index < -0.39 is 17.5 Å². The van der Waals surface area contributed by atoms with E-state index >= 15 is 0 Å². The Morgan fingerprint density at radius 2 is 1.83 bits per heavy atom. The average Bonchev–Trinajstić information content (AvgIpc) is 3.10. The molecular weight excluding hydrogens is 398 g/mol. The smallest absolute Gasteiger partial charge is 0.251 e. The molecule has 3 aromatic rings. The van der Waals surface area contributed by atoms with E-state index in [-0.39, 0.29) is 5.56 Å². The number of benzene rings is 2. The highest BCUT2D eigenvalue weighted by atomic mass is 32.1. The minimum absolute atomic E-state index is 0.0796. The second-order valence-corrected chi connectivity index (χ2v) is 7.32. The number of methoxy groups -OCH3 is 2. The van der Waals surface area contributed by atoms with Gasteiger partial charge < -0.3 is 14.8 Å². The average molecular weight is 418 g/mol. The van der Waals surface area contributed by atoms with Gasteiger partial charge in [0.1, 0.15) is 5.01 Å². The predicted octanol–water partition coefficient (Wildman–Crippen LogP) is 4.39. The Kier molecular flexibility index (Phi) is 6.43. The Hall–Kier alpha value is -3.00. The van der Waals surface area contributed by atoms with Crippen molar-refractivity contribution in [2.75, 3.05) is 20.8 Å². The van der Waals surface area contributed by atoms with E-state index in [0.29, 0.717) is 24.5 Å². The number of rotatable bonds is 7. The van der Waals surface area contributed by atoms with Crippen molar-refractivity contribution in [3.8, 4) is 22.1 Å². The summed E-state index contributed by atoms with van der Waals surface area (Å²) in [4.78, 5) is 17.7. The molecule has 1 amide bonds. The lowest BCUT2D eigenvalue weighted by atomic mass is 10.2. The molecule has 0 aliphatic carbocycles. The second-order valence-electron chi connectivity index (χ2n) is 6.23. The zero-order valence-electron chi connectivity index (χ0n) is 16.2. The summed E-state index contributed by atoms with van der Waals surface area (Å²) in [5.74, 6) is -1.21. The van der Waals surface area contributed by atoms with Crippen molar-refractivity contribution in [1.82, 2.24) is 10.3 Å². The van der Waals surface area contributed by atoms with E-state index in [1.807, 2.05) is 25.1 Å². The number of carbonyl (C=O) groups is 1. The molecule has 3 rings (SSSR count). The molecule has 0 aliphatic rings. The number of hydrogen-bond acceptors (Lipinski definition) is 5. The number of hydrogen-bond donors (Lipinski definition) is 1. The van der Waals surface area contributed by atoms with E-state index in [4.69, 9.17) is 9.47 Å². The summed E-state index contributed by atoms with van der Waals surface area (Å²) in [6.07, 6.45) is 0.576. The standard InChI is InChI=1S/C21H20F2N2O3S/c1-12-19(8-9-24-20(26)13-4-6-15(22)16(23)10-13)29-21(25-12)14-5-7-17(27-2)18(11-14)28-3/h4-7,10-11H,8-9H2,1-3H3,(H,24,26). The third-order valence-electron chi connectivity index (χ3n) is 4.34. The third kappa shape index (κ3) is 4.71. The molecule has 2 aromatic carbocycles. The summed E-state index contributed by atoms with van der Waals surface area (Å²) >= 11 is 1.53. The lowest BCUT2D eigenvalue weighted by Gasteiger charge is -2.08. The molecule has 0 saturated carbocycles. The summed E-state index contributed by atoms with van der Waals surface area (Å²) in [6.45, 7) is 2.26. The number of aryl methyl sites for hydroxylation is 1. The van der Waals surface area contributed by atoms with Gasteiger partial charge in [-0.25, -0.2) is 13.8 Å². The fourth-order valence-electron chi connectivity index (χ4n) is 2.78. The first-order valence-electron chi connectivity index (χ1n) is 8.85. The fraction of sp³-hybridized carbons (Fsp3) is 0.238. The van der Waals surface area contributed by atoms with Crippen LogP contribution in [-0.2, 0) is 6.42 Å². The van der Waals surface area contributed by atoms with Gasteiger partial charge in [0.2, 0.25) is 0 Å². The number of aromatic nitrogens is 1. The van der Waals surface area contributed by atoms with Crippen molar-refractivity contribution >= 4 is 17.2 Å². The summed E-state index contributed by atoms with van der Waals surface area (Å²) < 4.78 is 36.8. The Morgan fingerprint density at radius 3 is 2.52 bits per heavy atom. The van der Waals surface area contributed by atoms with Gasteiger partial charge in [-0.1, -0.05) is 0 Å². The minimum atomic E-state index is -1.05. The van der Waals surface area contributed by atoms with Crippen LogP contribution in [0.3, 0.4) is 0 Å². The van der Waals surface area contributed by atoms with E-state index in [9.17, 15) is 13.6 Å². The Bertz CT molecular complexity index is 1040. The fourth-order valence-corrected chi connectivity index (χ4v) is 3.84. The third-order valence-corrected chi connectivity index (χ3v) is 5.61. The molecule has 0 atom stereocenters. The van der Waals surface area contributed by atoms with Crippen LogP contribution in [-0.4, -0.2) is 31.7 Å². The molecule has 0 fully saturated rings. The molecule has 1 N–H and O–H groups in total. The van der Waals surface area contributed by atoms with Crippen molar-refractivity contribution < 1.29 is 23.0 Å². The van der Waals surface area contributed by atoms with Crippen LogP contribution in [0.15, 0.2) is 36.4 Å². The topological polar surface area (TPSA) is 60.5 Å². The van der Waals surface area contributed by atoms with Crippen molar-refractivity contribution in [1.29, 1.82) is 0 Å². The quantitative estimate of drug-likeness (QED) is 0.618. The summed E-state index contributed by atoms with van der Waals surface area (Å²) in [7, 11) is 3.16. The first kappa shape index (κ1) is 20.7. The Morgan fingerprint density at radius 1 is 1.07 bits per heavy atom. The number of thiazole rings is 1. The number of carbonyl (C=O) groups excluding carboxylic acids is 1. The van der Waals surface area contributed by atoms with E-state index in [0.717, 1.165) is 33.3 Å². The van der Waals surface area contributed by atoms with Gasteiger partial charge in [-0.3, -0.25) is 4.79 Å². The highest BCUT2D eigenvalue weighted by Crippen LogP contribution is 2.35. The summed E-state index contributed by atoms with van der Waals surface area (Å²) in [6, 6.07) is 8.68. The molecule has 1 aromatic heterocycles. The second kappa shape index (κ2) is 9.00. The maximum absolute atomic E-state index is 13.3. The van der Waals surface area contributed by atoms with Crippen LogP contribution < -0.4 is 14.8 Å². The number of nitrogens with zero attached hydrogens (tertiary/aromatic N) is 1. The molecular formula is C21H20F2N2O3S. The lowest BCUT2D eigenvalue weighted by Crippen LogP contribution is -2.25. The molecule has 29 heavy (non-hydrogen) atoms. The van der Waals surface area contributed by atoms with Gasteiger partial charge in [0.15, 0.2) is 23.1 Å². The monoisotopic (exact) mass is 418 g/mol. The largest absolute Gasteiger partial charge is 0.493 e. The maximum Gasteiger partial charge on any atom is 0.251 e. The van der Waals surface area contributed by atoms with Crippen molar-refractivity contribution in [2.24, 2.45) is 0 Å². The zero-order valence-corrected chi connectivity index (χ0v) is 17.0. The minimum Gasteiger partial charge on any atom is -0.493 e. The van der Waals surface area contributed by atoms with Crippen LogP contribution in [0.5, 0.6) is 11.5 Å². The molecule has 0 unspecified atom stereocenters. The van der Waals surface area contributed by atoms with Gasteiger partial charge >= 0.3 is 0 Å². The van der Waals surface area contributed by atoms with Crippen LogP contribution in [0.4, 0.5) is 8.78 Å². The number of nitrogens with one attached hydrogen (secondary N) is 1. The van der Waals surface area contributed by atoms with Crippen molar-refractivity contribution in [2.45, 2.75) is 13.3 Å². The van der Waals surface area contributed by atoms with Gasteiger partial charge in [0.05, 0.1) is 19.9 Å². The molecule has 1 heterocycles. The number of ether oxygens (including phenoxy) is 2. The first-order valence-corrected chi connectivity index (χ1v) is 9.66. The molecule has 5 nitrogen and oxygen atoms in total. The zero-order chi connectivity index (χ0) is 21.0. The van der Waals surface area contributed by atoms with Gasteiger partial charge in [-0.15, -0.1) is 11.3 Å². The molecule has 152 valence electrons. The normalized spacial score (nSPS) is 10.7. The molecule has 8 heteroatoms. The van der Waals surface area contributed by atoms with Crippen molar-refractivity contribution in [3.05, 3.63) is 64.2 Å². The SMILES string of the molecule is COc1ccc(-c2nc(C)c(CCNC(=O)c3ccc(F)c(F)c3)s2)cc1OC. The van der Waals surface area contributed by atoms with Crippen molar-refractivity contribution in [3.63, 3.8) is 0 Å². The van der Waals surface area contributed by atoms with Gasteiger partial charge in [0.25, 0.3) is 5.91 Å². The van der Waals surface area contributed by atoms with E-state index in [1.54, 1.807) is 14.2 Å². The molecule has 0 saturated heterocycles. The van der Waals surface area contributed by atoms with Gasteiger partial charge in [-0.05, 0) is 43.3 Å². The first-order chi connectivity index (χ1) is 13.9. The Balaban J connectivity index is 1.66. The maximum atomic E-state index is 13.3. The highest BCUT2D eigenvalue weighted by Gasteiger charge is 2.14.